The van der Waals surface area contributed by atoms with Crippen molar-refractivity contribution in [1.29, 1.82) is 0 Å². The Morgan fingerprint density at radius 3 is 2.26 bits per heavy atom. The van der Waals surface area contributed by atoms with Gasteiger partial charge >= 0.3 is 0 Å². The zero-order valence-corrected chi connectivity index (χ0v) is 23.4. The van der Waals surface area contributed by atoms with E-state index >= 15 is 0 Å². The van der Waals surface area contributed by atoms with Gasteiger partial charge in [0.15, 0.2) is 0 Å². The molecule has 202 valence electrons. The quantitative estimate of drug-likeness (QED) is 0.377. The van der Waals surface area contributed by atoms with Crippen LogP contribution < -0.4 is 14.4 Å². The maximum Gasteiger partial charge on any atom is 0.264 e. The summed E-state index contributed by atoms with van der Waals surface area (Å²) in [4.78, 5) is 27.9. The molecule has 0 radical (unpaired) electrons. The Labute approximate surface area is 229 Å². The zero-order chi connectivity index (χ0) is 27.9. The topological polar surface area (TPSA) is 96.0 Å². The van der Waals surface area contributed by atoms with Gasteiger partial charge in [0.1, 0.15) is 18.3 Å². The number of sulfonamides is 1. The number of methoxy groups -OCH3 is 1. The monoisotopic (exact) mass is 557 g/mol. The largest absolute Gasteiger partial charge is 0.497 e. The molecule has 0 aliphatic carbocycles. The molecule has 1 atom stereocenters. The van der Waals surface area contributed by atoms with Gasteiger partial charge in [-0.15, -0.1) is 0 Å². The van der Waals surface area contributed by atoms with Crippen molar-refractivity contribution < 1.29 is 22.7 Å². The minimum absolute atomic E-state index is 0.0111. The highest BCUT2D eigenvalue weighted by Crippen LogP contribution is 2.27. The number of likely N-dealkylation sites (N-methyl/N-ethyl adjacent to an activating group) is 1. The molecular weight excluding hydrogens is 526 g/mol. The molecule has 2 amide bonds. The lowest BCUT2D eigenvalue weighted by Gasteiger charge is -2.32. The molecule has 3 rings (SSSR count). The molecule has 8 nitrogen and oxygen atoms in total. The van der Waals surface area contributed by atoms with Crippen LogP contribution in [0.2, 0.25) is 5.02 Å². The molecule has 1 N–H and O–H groups in total. The molecule has 38 heavy (non-hydrogen) atoms. The Morgan fingerprint density at radius 2 is 1.68 bits per heavy atom. The number of aryl methyl sites for hydroxylation is 1. The summed E-state index contributed by atoms with van der Waals surface area (Å²) in [5.74, 6) is -0.361. The number of carbonyl (C=O) groups excluding carboxylic acids is 2. The van der Waals surface area contributed by atoms with E-state index in [1.165, 1.54) is 48.4 Å². The van der Waals surface area contributed by atoms with Crippen LogP contribution in [0.25, 0.3) is 0 Å². The van der Waals surface area contributed by atoms with Crippen LogP contribution in [0, 0.1) is 6.92 Å². The van der Waals surface area contributed by atoms with Gasteiger partial charge in [0.25, 0.3) is 10.0 Å². The van der Waals surface area contributed by atoms with E-state index in [1.54, 1.807) is 26.0 Å². The number of nitrogens with zero attached hydrogens (tertiary/aromatic N) is 2. The summed E-state index contributed by atoms with van der Waals surface area (Å²) in [6.07, 6.45) is 0. The summed E-state index contributed by atoms with van der Waals surface area (Å²) in [7, 11) is -2.68. The fourth-order valence-corrected chi connectivity index (χ4v) is 5.46. The average molecular weight is 558 g/mol. The average Bonchev–Trinajstić information content (AvgIpc) is 2.90. The van der Waals surface area contributed by atoms with Gasteiger partial charge in [-0.2, -0.15) is 0 Å². The van der Waals surface area contributed by atoms with Gasteiger partial charge in [0.05, 0.1) is 17.7 Å². The van der Waals surface area contributed by atoms with Gasteiger partial charge in [-0.05, 0) is 74.9 Å². The van der Waals surface area contributed by atoms with Crippen molar-refractivity contribution in [1.82, 2.24) is 10.2 Å². The normalized spacial score (nSPS) is 11.9. The third kappa shape index (κ3) is 7.05. The molecule has 3 aromatic rings. The lowest BCUT2D eigenvalue weighted by Crippen LogP contribution is -2.51. The van der Waals surface area contributed by atoms with E-state index in [-0.39, 0.29) is 23.0 Å². The minimum Gasteiger partial charge on any atom is -0.497 e. The Morgan fingerprint density at radius 1 is 1.03 bits per heavy atom. The van der Waals surface area contributed by atoms with Crippen molar-refractivity contribution in [2.75, 3.05) is 24.5 Å². The first-order valence-corrected chi connectivity index (χ1v) is 13.9. The molecule has 0 aromatic heterocycles. The van der Waals surface area contributed by atoms with Crippen molar-refractivity contribution in [2.24, 2.45) is 0 Å². The number of hydrogen-bond acceptors (Lipinski definition) is 5. The third-order valence-electron chi connectivity index (χ3n) is 5.99. The molecule has 3 aromatic carbocycles. The number of nitrogens with one attached hydrogen (secondary N) is 1. The predicted molar refractivity (Wildman–Crippen MR) is 149 cm³/mol. The van der Waals surface area contributed by atoms with Crippen molar-refractivity contribution >= 4 is 39.1 Å². The van der Waals surface area contributed by atoms with Gasteiger partial charge in [0, 0.05) is 18.1 Å². The van der Waals surface area contributed by atoms with Crippen LogP contribution in [0.3, 0.4) is 0 Å². The van der Waals surface area contributed by atoms with Crippen molar-refractivity contribution in [3.63, 3.8) is 0 Å². The van der Waals surface area contributed by atoms with Gasteiger partial charge in [-0.25, -0.2) is 8.42 Å². The maximum atomic E-state index is 13.8. The summed E-state index contributed by atoms with van der Waals surface area (Å²) in [5, 5.41) is 3.17. The first kappa shape index (κ1) is 29.0. The van der Waals surface area contributed by atoms with Gasteiger partial charge in [-0.3, -0.25) is 13.9 Å². The highest BCUT2D eigenvalue weighted by atomic mass is 35.5. The lowest BCUT2D eigenvalue weighted by atomic mass is 10.1. The highest BCUT2D eigenvalue weighted by Gasteiger charge is 2.32. The number of carbonyl (C=O) groups is 2. The molecule has 0 saturated carbocycles. The first-order chi connectivity index (χ1) is 18.1. The van der Waals surface area contributed by atoms with Crippen LogP contribution in [-0.2, 0) is 26.2 Å². The molecule has 0 aliphatic heterocycles. The Kier molecular flexibility index (Phi) is 9.77. The number of anilines is 1. The molecule has 0 saturated heterocycles. The van der Waals surface area contributed by atoms with E-state index in [0.29, 0.717) is 17.3 Å². The Hall–Kier alpha value is -3.56. The van der Waals surface area contributed by atoms with Gasteiger partial charge in [-0.1, -0.05) is 41.4 Å². The van der Waals surface area contributed by atoms with Crippen LogP contribution >= 0.6 is 11.6 Å². The fourth-order valence-electron chi connectivity index (χ4n) is 3.92. The SMILES string of the molecule is CCNC(=O)C(C)N(Cc1cccc(C)c1)C(=O)CN(c1ccc(Cl)cc1)S(=O)(=O)c1ccc(OC)cc1. The van der Waals surface area contributed by atoms with Crippen LogP contribution in [-0.4, -0.2) is 51.4 Å². The maximum absolute atomic E-state index is 13.8. The standard InChI is InChI=1S/C28H32ClN3O5S/c1-5-30-28(34)21(3)31(18-22-8-6-7-20(2)17-22)27(33)19-32(24-11-9-23(29)10-12-24)38(35,36)26-15-13-25(37-4)14-16-26/h6-17,21H,5,18-19H2,1-4H3,(H,30,34). The molecular formula is C28H32ClN3O5S. The molecule has 0 bridgehead atoms. The number of benzene rings is 3. The molecule has 0 fully saturated rings. The van der Waals surface area contributed by atoms with E-state index in [4.69, 9.17) is 16.3 Å². The van der Waals surface area contributed by atoms with E-state index in [0.717, 1.165) is 15.4 Å². The molecule has 0 heterocycles. The minimum atomic E-state index is -4.17. The molecule has 1 unspecified atom stereocenters. The summed E-state index contributed by atoms with van der Waals surface area (Å²) < 4.78 is 33.8. The zero-order valence-electron chi connectivity index (χ0n) is 21.8. The van der Waals surface area contributed by atoms with Gasteiger partial charge < -0.3 is 15.0 Å². The summed E-state index contributed by atoms with van der Waals surface area (Å²) in [6.45, 7) is 5.37. The number of amides is 2. The van der Waals surface area contributed by atoms with Crippen LogP contribution in [0.15, 0.2) is 77.7 Å². The molecule has 0 spiro atoms. The second kappa shape index (κ2) is 12.8. The van der Waals surface area contributed by atoms with Crippen LogP contribution in [0.5, 0.6) is 5.75 Å². The summed E-state index contributed by atoms with van der Waals surface area (Å²) in [6, 6.07) is 18.9. The summed E-state index contributed by atoms with van der Waals surface area (Å²) in [5.41, 5.74) is 2.09. The van der Waals surface area contributed by atoms with Crippen LogP contribution in [0.1, 0.15) is 25.0 Å². The van der Waals surface area contributed by atoms with E-state index in [1.807, 2.05) is 31.2 Å². The predicted octanol–water partition coefficient (Wildman–Crippen LogP) is 4.41. The number of hydrogen-bond donors (Lipinski definition) is 1. The Balaban J connectivity index is 2.02. The fraction of sp³-hybridized carbons (Fsp3) is 0.286. The number of rotatable bonds is 11. The van der Waals surface area contributed by atoms with Crippen molar-refractivity contribution in [2.45, 2.75) is 38.3 Å². The molecule has 10 heteroatoms. The molecule has 0 aliphatic rings. The second-order valence-corrected chi connectivity index (χ2v) is 11.0. The summed E-state index contributed by atoms with van der Waals surface area (Å²) >= 11 is 6.04. The second-order valence-electron chi connectivity index (χ2n) is 8.74. The number of halogens is 1. The van der Waals surface area contributed by atoms with Crippen molar-refractivity contribution in [3.05, 3.63) is 88.9 Å². The van der Waals surface area contributed by atoms with Crippen molar-refractivity contribution in [3.8, 4) is 5.75 Å². The first-order valence-electron chi connectivity index (χ1n) is 12.1. The lowest BCUT2D eigenvalue weighted by molar-refractivity contribution is -0.139. The van der Waals surface area contributed by atoms with E-state index < -0.39 is 28.5 Å². The Bertz CT molecular complexity index is 1360. The van der Waals surface area contributed by atoms with E-state index in [9.17, 15) is 18.0 Å². The van der Waals surface area contributed by atoms with Gasteiger partial charge in [0.2, 0.25) is 11.8 Å². The smallest absolute Gasteiger partial charge is 0.264 e. The number of ether oxygens (including phenoxy) is 1. The third-order valence-corrected chi connectivity index (χ3v) is 8.03. The highest BCUT2D eigenvalue weighted by molar-refractivity contribution is 7.92. The van der Waals surface area contributed by atoms with E-state index in [2.05, 4.69) is 5.32 Å². The van der Waals surface area contributed by atoms with Crippen LogP contribution in [0.4, 0.5) is 5.69 Å².